The zero-order chi connectivity index (χ0) is 18.8. The van der Waals surface area contributed by atoms with E-state index in [0.29, 0.717) is 5.39 Å². The van der Waals surface area contributed by atoms with Crippen LogP contribution in [0.2, 0.25) is 0 Å². The number of carbonyl (C=O) groups excluding carboxylic acids is 2. The van der Waals surface area contributed by atoms with E-state index in [-0.39, 0.29) is 34.2 Å². The van der Waals surface area contributed by atoms with Crippen LogP contribution in [0.5, 0.6) is 5.75 Å². The third-order valence-corrected chi connectivity index (χ3v) is 3.93. The van der Waals surface area contributed by atoms with Crippen LogP contribution in [0.1, 0.15) is 27.6 Å². The fraction of sp³-hybridized carbons (Fsp3) is 0.167. The fourth-order valence-corrected chi connectivity index (χ4v) is 2.59. The van der Waals surface area contributed by atoms with Gasteiger partial charge in [0, 0.05) is 12.4 Å². The number of rotatable bonds is 4. The van der Waals surface area contributed by atoms with Crippen LogP contribution < -0.4 is 0 Å². The first-order valence-corrected chi connectivity index (χ1v) is 7.71. The first-order chi connectivity index (χ1) is 12.4. The highest BCUT2D eigenvalue weighted by atomic mass is 16.5. The Kier molecular flexibility index (Phi) is 4.49. The third-order valence-electron chi connectivity index (χ3n) is 3.93. The number of aromatic nitrogens is 2. The van der Waals surface area contributed by atoms with Crippen LogP contribution in [-0.2, 0) is 11.8 Å². The Balaban J connectivity index is 2.19. The van der Waals surface area contributed by atoms with Crippen LogP contribution in [-0.4, -0.2) is 33.7 Å². The number of nitrogens with zero attached hydrogens (tertiary/aromatic N) is 4. The third kappa shape index (κ3) is 2.92. The highest BCUT2D eigenvalue weighted by Gasteiger charge is 2.18. The van der Waals surface area contributed by atoms with Crippen LogP contribution in [0.3, 0.4) is 0 Å². The van der Waals surface area contributed by atoms with Gasteiger partial charge >= 0.3 is 5.97 Å². The summed E-state index contributed by atoms with van der Waals surface area (Å²) >= 11 is 0. The topological polar surface area (TPSA) is 106 Å². The van der Waals surface area contributed by atoms with Crippen molar-refractivity contribution < 1.29 is 19.4 Å². The van der Waals surface area contributed by atoms with Crippen LogP contribution in [0.4, 0.5) is 11.5 Å². The number of hydrogen-bond donors (Lipinski definition) is 1. The van der Waals surface area contributed by atoms with E-state index < -0.39 is 5.97 Å². The van der Waals surface area contributed by atoms with Crippen molar-refractivity contribution in [3.8, 4) is 5.75 Å². The Hall–Kier alpha value is -3.55. The minimum absolute atomic E-state index is 0.144. The van der Waals surface area contributed by atoms with Gasteiger partial charge in [0.1, 0.15) is 11.3 Å². The molecule has 0 fully saturated rings. The van der Waals surface area contributed by atoms with Gasteiger partial charge in [0.05, 0.1) is 18.9 Å². The monoisotopic (exact) mass is 352 g/mol. The van der Waals surface area contributed by atoms with Gasteiger partial charge in [0.2, 0.25) is 0 Å². The largest absolute Gasteiger partial charge is 0.505 e. The number of phenols is 1. The summed E-state index contributed by atoms with van der Waals surface area (Å²) in [6, 6.07) is 8.79. The van der Waals surface area contributed by atoms with Gasteiger partial charge in [-0.2, -0.15) is 5.10 Å². The number of phenolic OH excluding ortho intramolecular Hbond substituents is 1. The lowest BCUT2D eigenvalue weighted by atomic mass is 10.0. The number of methoxy groups -OCH3 is 1. The molecule has 8 nitrogen and oxygen atoms in total. The summed E-state index contributed by atoms with van der Waals surface area (Å²) in [5.41, 5.74) is 0.437. The summed E-state index contributed by atoms with van der Waals surface area (Å²) in [5.74, 6) is -0.977. The molecule has 0 amide bonds. The Morgan fingerprint density at radius 2 is 1.92 bits per heavy atom. The average molecular weight is 352 g/mol. The Labute approximate surface area is 148 Å². The number of benzene rings is 2. The van der Waals surface area contributed by atoms with Gasteiger partial charge in [-0.15, -0.1) is 10.2 Å². The van der Waals surface area contributed by atoms with Crippen molar-refractivity contribution >= 4 is 34.0 Å². The van der Waals surface area contributed by atoms with Crippen LogP contribution in [0, 0.1) is 0 Å². The number of esters is 1. The van der Waals surface area contributed by atoms with Crippen molar-refractivity contribution in [1.29, 1.82) is 0 Å². The molecule has 132 valence electrons. The standard InChI is InChI=1S/C18H16N4O4/c1-10(23)13-8-11-6-4-5-7-12(11)15(16(13)24)20-21-17-14(18(25)26-3)9-19-22(17)2/h4-9,24H,1-3H3. The number of fused-ring (bicyclic) bond motifs is 1. The molecule has 26 heavy (non-hydrogen) atoms. The van der Waals surface area contributed by atoms with E-state index >= 15 is 0 Å². The molecule has 1 aromatic heterocycles. The summed E-state index contributed by atoms with van der Waals surface area (Å²) in [6.45, 7) is 1.36. The number of azo groups is 1. The number of aryl methyl sites for hydroxylation is 1. The van der Waals surface area contributed by atoms with Crippen molar-refractivity contribution in [3.05, 3.63) is 47.7 Å². The van der Waals surface area contributed by atoms with Crippen molar-refractivity contribution in [3.63, 3.8) is 0 Å². The predicted molar refractivity (Wildman–Crippen MR) is 94.3 cm³/mol. The molecule has 0 aliphatic carbocycles. The average Bonchev–Trinajstić information content (AvgIpc) is 3.00. The first kappa shape index (κ1) is 17.3. The van der Waals surface area contributed by atoms with Gasteiger partial charge in [-0.1, -0.05) is 24.3 Å². The second kappa shape index (κ2) is 6.75. The van der Waals surface area contributed by atoms with Crippen molar-refractivity contribution in [2.24, 2.45) is 17.3 Å². The zero-order valence-corrected chi connectivity index (χ0v) is 14.4. The van der Waals surface area contributed by atoms with Crippen molar-refractivity contribution in [1.82, 2.24) is 9.78 Å². The Bertz CT molecular complexity index is 1050. The van der Waals surface area contributed by atoms with E-state index in [9.17, 15) is 14.7 Å². The highest BCUT2D eigenvalue weighted by molar-refractivity contribution is 6.06. The number of hydrogen-bond acceptors (Lipinski definition) is 7. The minimum Gasteiger partial charge on any atom is -0.505 e. The first-order valence-electron chi connectivity index (χ1n) is 7.71. The van der Waals surface area contributed by atoms with Crippen LogP contribution in [0.15, 0.2) is 46.8 Å². The molecule has 3 rings (SSSR count). The van der Waals surface area contributed by atoms with E-state index in [4.69, 9.17) is 4.74 Å². The van der Waals surface area contributed by atoms with Gasteiger partial charge in [-0.25, -0.2) is 9.48 Å². The van der Waals surface area contributed by atoms with Gasteiger partial charge in [0.25, 0.3) is 0 Å². The second-order valence-electron chi connectivity index (χ2n) is 5.60. The number of Topliss-reactive ketones (excluding diaryl/α,β-unsaturated/α-hetero) is 1. The van der Waals surface area contributed by atoms with Gasteiger partial charge < -0.3 is 9.84 Å². The summed E-state index contributed by atoms with van der Waals surface area (Å²) < 4.78 is 6.06. The molecule has 0 radical (unpaired) electrons. The lowest BCUT2D eigenvalue weighted by Gasteiger charge is -2.08. The molecule has 0 saturated carbocycles. The number of carbonyl (C=O) groups is 2. The minimum atomic E-state index is -0.599. The summed E-state index contributed by atoms with van der Waals surface area (Å²) in [5, 5.41) is 24.0. The molecule has 0 bridgehead atoms. The normalized spacial score (nSPS) is 11.2. The van der Waals surface area contributed by atoms with Crippen LogP contribution in [0.25, 0.3) is 10.8 Å². The van der Waals surface area contributed by atoms with E-state index in [1.54, 1.807) is 25.2 Å². The van der Waals surface area contributed by atoms with Crippen LogP contribution >= 0.6 is 0 Å². The van der Waals surface area contributed by atoms with Gasteiger partial charge in [0.15, 0.2) is 17.4 Å². The Morgan fingerprint density at radius 3 is 2.62 bits per heavy atom. The molecule has 1 heterocycles. The molecule has 0 atom stereocenters. The molecule has 8 heteroatoms. The van der Waals surface area contributed by atoms with Gasteiger partial charge in [-0.05, 0) is 18.4 Å². The maximum Gasteiger partial charge on any atom is 0.343 e. The maximum absolute atomic E-state index is 11.8. The molecule has 1 N–H and O–H groups in total. The van der Waals surface area contributed by atoms with E-state index in [0.717, 1.165) is 5.39 Å². The Morgan fingerprint density at radius 1 is 1.19 bits per heavy atom. The van der Waals surface area contributed by atoms with Gasteiger partial charge in [-0.3, -0.25) is 4.79 Å². The lowest BCUT2D eigenvalue weighted by molar-refractivity contribution is 0.0601. The molecule has 0 saturated heterocycles. The molecule has 0 unspecified atom stereocenters. The number of ether oxygens (including phenoxy) is 1. The summed E-state index contributed by atoms with van der Waals surface area (Å²) in [4.78, 5) is 23.6. The van der Waals surface area contributed by atoms with E-state index in [2.05, 4.69) is 15.3 Å². The molecule has 0 aliphatic rings. The van der Waals surface area contributed by atoms with E-state index in [1.165, 1.54) is 24.9 Å². The predicted octanol–water partition coefficient (Wildman–Crippen LogP) is 3.68. The van der Waals surface area contributed by atoms with Crippen molar-refractivity contribution in [2.75, 3.05) is 7.11 Å². The van der Waals surface area contributed by atoms with E-state index in [1.807, 2.05) is 12.1 Å². The fourth-order valence-electron chi connectivity index (χ4n) is 2.59. The quantitative estimate of drug-likeness (QED) is 0.438. The molecular formula is C18H16N4O4. The molecular weight excluding hydrogens is 336 g/mol. The zero-order valence-electron chi connectivity index (χ0n) is 14.4. The highest BCUT2D eigenvalue weighted by Crippen LogP contribution is 2.39. The molecule has 0 aliphatic heterocycles. The summed E-state index contributed by atoms with van der Waals surface area (Å²) in [7, 11) is 2.86. The lowest BCUT2D eigenvalue weighted by Crippen LogP contribution is -2.00. The molecule has 2 aromatic carbocycles. The number of ketones is 1. The second-order valence-corrected chi connectivity index (χ2v) is 5.60. The smallest absolute Gasteiger partial charge is 0.343 e. The van der Waals surface area contributed by atoms with Crippen molar-refractivity contribution in [2.45, 2.75) is 6.92 Å². The SMILES string of the molecule is COC(=O)c1cnn(C)c1N=Nc1c(O)c(C(C)=O)cc2ccccc12. The number of aromatic hydroxyl groups is 1. The maximum atomic E-state index is 11.8. The summed E-state index contributed by atoms with van der Waals surface area (Å²) in [6.07, 6.45) is 1.32. The molecule has 0 spiro atoms. The molecule has 3 aromatic rings.